The number of nitrogens with zero attached hydrogens (tertiary/aromatic N) is 4. The van der Waals surface area contributed by atoms with Crippen molar-refractivity contribution in [3.8, 4) is 17.1 Å². The van der Waals surface area contributed by atoms with E-state index in [9.17, 15) is 5.11 Å². The van der Waals surface area contributed by atoms with Gasteiger partial charge in [0, 0.05) is 30.6 Å². The van der Waals surface area contributed by atoms with Gasteiger partial charge in [-0.05, 0) is 31.3 Å². The number of anilines is 1. The van der Waals surface area contributed by atoms with E-state index in [2.05, 4.69) is 29.1 Å². The summed E-state index contributed by atoms with van der Waals surface area (Å²) in [6, 6.07) is 9.26. The molecule has 1 fully saturated rings. The van der Waals surface area contributed by atoms with E-state index >= 15 is 0 Å². The Hall–Kier alpha value is -2.64. The van der Waals surface area contributed by atoms with E-state index in [1.165, 1.54) is 4.88 Å². The first kappa shape index (κ1) is 18.7. The Labute approximate surface area is 168 Å². The summed E-state index contributed by atoms with van der Waals surface area (Å²) >= 11 is 1.75. The summed E-state index contributed by atoms with van der Waals surface area (Å²) in [5, 5.41) is 9.87. The van der Waals surface area contributed by atoms with Crippen LogP contribution in [0.1, 0.15) is 11.8 Å². The number of hydrogen-bond donors (Lipinski definition) is 1. The maximum Gasteiger partial charge on any atom is 0.162 e. The molecule has 7 heteroatoms. The number of aromatic hydroxyl groups is 1. The molecule has 1 aromatic carbocycles. The van der Waals surface area contributed by atoms with Crippen LogP contribution in [0.25, 0.3) is 21.6 Å². The molecule has 28 heavy (non-hydrogen) atoms. The number of thiophene rings is 1. The lowest BCUT2D eigenvalue weighted by molar-refractivity contribution is 0.122. The predicted molar refractivity (Wildman–Crippen MR) is 114 cm³/mol. The minimum absolute atomic E-state index is 0.216. The first-order valence-corrected chi connectivity index (χ1v) is 10.2. The van der Waals surface area contributed by atoms with Crippen LogP contribution in [0, 0.1) is 0 Å². The van der Waals surface area contributed by atoms with Crippen molar-refractivity contribution in [1.29, 1.82) is 0 Å². The summed E-state index contributed by atoms with van der Waals surface area (Å²) in [5.41, 5.74) is 1.76. The number of hydrogen-bond acceptors (Lipinski definition) is 7. The van der Waals surface area contributed by atoms with Crippen LogP contribution in [0.5, 0.6) is 5.75 Å². The van der Waals surface area contributed by atoms with Crippen molar-refractivity contribution in [2.24, 2.45) is 0 Å². The lowest BCUT2D eigenvalue weighted by Gasteiger charge is -2.28. The Bertz CT molecular complexity index is 995. The van der Waals surface area contributed by atoms with Gasteiger partial charge in [-0.3, -0.25) is 0 Å². The topological polar surface area (TPSA) is 61.7 Å². The van der Waals surface area contributed by atoms with Crippen molar-refractivity contribution in [2.45, 2.75) is 13.5 Å². The van der Waals surface area contributed by atoms with Crippen LogP contribution in [0.2, 0.25) is 0 Å². The van der Waals surface area contributed by atoms with Crippen LogP contribution in [0.4, 0.5) is 5.82 Å². The third-order valence-electron chi connectivity index (χ3n) is 4.63. The van der Waals surface area contributed by atoms with Crippen molar-refractivity contribution in [3.63, 3.8) is 0 Å². The average molecular weight is 397 g/mol. The first-order valence-electron chi connectivity index (χ1n) is 9.39. The number of morpholine rings is 1. The zero-order valence-corrected chi connectivity index (χ0v) is 16.9. The molecule has 0 amide bonds. The van der Waals surface area contributed by atoms with E-state index in [-0.39, 0.29) is 5.75 Å². The molecule has 0 atom stereocenters. The molecule has 6 nitrogen and oxygen atoms in total. The van der Waals surface area contributed by atoms with Gasteiger partial charge in [-0.25, -0.2) is 9.97 Å². The van der Waals surface area contributed by atoms with Gasteiger partial charge in [0.25, 0.3) is 0 Å². The maximum absolute atomic E-state index is 9.87. The van der Waals surface area contributed by atoms with Crippen molar-refractivity contribution < 1.29 is 9.84 Å². The number of fused-ring (bicyclic) bond motifs is 1. The molecule has 4 rings (SSSR count). The molecular weight excluding hydrogens is 372 g/mol. The highest BCUT2D eigenvalue weighted by Gasteiger charge is 2.20. The van der Waals surface area contributed by atoms with Crippen molar-refractivity contribution in [2.75, 3.05) is 38.3 Å². The molecule has 3 aromatic rings. The smallest absolute Gasteiger partial charge is 0.162 e. The number of ether oxygens (including phenoxy) is 1. The number of phenols is 1. The number of aromatic nitrogens is 2. The highest BCUT2D eigenvalue weighted by atomic mass is 32.1. The molecule has 3 heterocycles. The van der Waals surface area contributed by atoms with Gasteiger partial charge < -0.3 is 19.6 Å². The Morgan fingerprint density at radius 3 is 2.82 bits per heavy atom. The summed E-state index contributed by atoms with van der Waals surface area (Å²) in [6.45, 7) is 5.89. The van der Waals surface area contributed by atoms with E-state index < -0.39 is 0 Å². The normalized spacial score (nSPS) is 14.9. The van der Waals surface area contributed by atoms with Gasteiger partial charge in [0.2, 0.25) is 0 Å². The maximum atomic E-state index is 9.87. The Kier molecular flexibility index (Phi) is 5.45. The second kappa shape index (κ2) is 8.16. The van der Waals surface area contributed by atoms with Gasteiger partial charge in [0.05, 0.1) is 30.0 Å². The largest absolute Gasteiger partial charge is 0.508 e. The van der Waals surface area contributed by atoms with E-state index in [1.54, 1.807) is 23.5 Å². The molecule has 0 radical (unpaired) electrons. The molecular formula is C21H24N4O2S. The minimum Gasteiger partial charge on any atom is -0.508 e. The van der Waals surface area contributed by atoms with Crippen LogP contribution in [-0.2, 0) is 11.3 Å². The Morgan fingerprint density at radius 1 is 1.25 bits per heavy atom. The van der Waals surface area contributed by atoms with Gasteiger partial charge in [0.1, 0.15) is 5.75 Å². The Balaban J connectivity index is 1.80. The lowest BCUT2D eigenvalue weighted by Crippen LogP contribution is -2.36. The van der Waals surface area contributed by atoms with E-state index in [0.29, 0.717) is 19.0 Å². The summed E-state index contributed by atoms with van der Waals surface area (Å²) < 4.78 is 6.63. The van der Waals surface area contributed by atoms with Gasteiger partial charge in [-0.1, -0.05) is 18.2 Å². The minimum atomic E-state index is 0.216. The second-order valence-electron chi connectivity index (χ2n) is 6.85. The molecule has 1 aliphatic heterocycles. The number of benzene rings is 1. The fourth-order valence-corrected chi connectivity index (χ4v) is 4.53. The molecule has 0 unspecified atom stereocenters. The summed E-state index contributed by atoms with van der Waals surface area (Å²) in [5.74, 6) is 1.81. The molecule has 146 valence electrons. The molecule has 0 spiro atoms. The Morgan fingerprint density at radius 2 is 2.07 bits per heavy atom. The second-order valence-corrected chi connectivity index (χ2v) is 7.98. The molecule has 1 aliphatic rings. The van der Waals surface area contributed by atoms with Gasteiger partial charge >= 0.3 is 0 Å². The third kappa shape index (κ3) is 3.95. The summed E-state index contributed by atoms with van der Waals surface area (Å²) in [4.78, 5) is 15.4. The molecule has 0 bridgehead atoms. The number of rotatable bonds is 5. The average Bonchev–Trinajstić information content (AvgIpc) is 3.10. The third-order valence-corrected chi connectivity index (χ3v) is 5.73. The van der Waals surface area contributed by atoms with Crippen LogP contribution in [-0.4, -0.2) is 53.3 Å². The van der Waals surface area contributed by atoms with Gasteiger partial charge in [-0.2, -0.15) is 0 Å². The molecule has 0 saturated carbocycles. The first-order chi connectivity index (χ1) is 13.6. The van der Waals surface area contributed by atoms with E-state index in [1.807, 2.05) is 25.1 Å². The molecule has 1 N–H and O–H groups in total. The molecule has 1 saturated heterocycles. The van der Waals surface area contributed by atoms with Gasteiger partial charge in [0.15, 0.2) is 11.6 Å². The van der Waals surface area contributed by atoms with Crippen molar-refractivity contribution in [1.82, 2.24) is 14.9 Å². The quantitative estimate of drug-likeness (QED) is 0.707. The van der Waals surface area contributed by atoms with Crippen LogP contribution < -0.4 is 4.90 Å². The highest BCUT2D eigenvalue weighted by Crippen LogP contribution is 2.35. The van der Waals surface area contributed by atoms with Crippen molar-refractivity contribution in [3.05, 3.63) is 47.5 Å². The zero-order chi connectivity index (χ0) is 19.5. The fraction of sp³-hybridized carbons (Fsp3) is 0.333. The van der Waals surface area contributed by atoms with Gasteiger partial charge in [-0.15, -0.1) is 11.3 Å². The summed E-state index contributed by atoms with van der Waals surface area (Å²) in [7, 11) is 2.07. The standard InChI is InChI=1S/C21H24N4O2S/c1-3-7-24(2)14-17-13-18-19(28-17)21(25-8-10-27-11-9-25)23-20(22-18)15-5-4-6-16(26)12-15/h3-7,12-13,26H,8-11,14H2,1-2H3. The van der Waals surface area contributed by atoms with Crippen LogP contribution >= 0.6 is 11.3 Å². The highest BCUT2D eigenvalue weighted by molar-refractivity contribution is 7.19. The van der Waals surface area contributed by atoms with Crippen molar-refractivity contribution >= 4 is 27.4 Å². The fourth-order valence-electron chi connectivity index (χ4n) is 3.36. The lowest BCUT2D eigenvalue weighted by atomic mass is 10.2. The van der Waals surface area contributed by atoms with Crippen LogP contribution in [0.3, 0.4) is 0 Å². The predicted octanol–water partition coefficient (Wildman–Crippen LogP) is 3.87. The SMILES string of the molecule is CC=CN(C)Cc1cc2nc(-c3cccc(O)c3)nc(N3CCOCC3)c2s1. The van der Waals surface area contributed by atoms with E-state index in [4.69, 9.17) is 14.7 Å². The molecule has 2 aromatic heterocycles. The number of allylic oxidation sites excluding steroid dienone is 1. The van der Waals surface area contributed by atoms with E-state index in [0.717, 1.165) is 41.2 Å². The van der Waals surface area contributed by atoms with Crippen LogP contribution in [0.15, 0.2) is 42.6 Å². The number of phenolic OH excluding ortho intramolecular Hbond substituents is 1. The monoisotopic (exact) mass is 396 g/mol. The molecule has 0 aliphatic carbocycles. The summed E-state index contributed by atoms with van der Waals surface area (Å²) in [6.07, 6.45) is 4.10. The zero-order valence-electron chi connectivity index (χ0n) is 16.1.